The SMILES string of the molecule is CC.Fc1ccc(C#Cc2cccc(-c3nc(-c4ccc(C(F)(F)F)nc4)cc(C(F)(F)F)n3)c2)cc1. The molecule has 4 rings (SSSR count). The molecule has 2 heterocycles. The molecule has 4 aromatic rings. The van der Waals surface area contributed by atoms with Crippen molar-refractivity contribution < 1.29 is 30.7 Å². The predicted molar refractivity (Wildman–Crippen MR) is 124 cm³/mol. The number of nitrogens with zero attached hydrogens (tertiary/aromatic N) is 3. The van der Waals surface area contributed by atoms with Gasteiger partial charge in [-0.15, -0.1) is 0 Å². The van der Waals surface area contributed by atoms with E-state index in [1.54, 1.807) is 12.1 Å². The van der Waals surface area contributed by atoms with E-state index in [4.69, 9.17) is 0 Å². The average Bonchev–Trinajstić information content (AvgIpc) is 2.88. The Bertz CT molecular complexity index is 1410. The second-order valence-electron chi connectivity index (χ2n) is 7.23. The van der Waals surface area contributed by atoms with E-state index in [0.29, 0.717) is 23.3 Å². The first-order valence-corrected chi connectivity index (χ1v) is 10.9. The third-order valence-electron chi connectivity index (χ3n) is 4.68. The molecular weight excluding hydrogens is 499 g/mol. The van der Waals surface area contributed by atoms with Crippen LogP contribution in [0.2, 0.25) is 0 Å². The number of alkyl halides is 6. The van der Waals surface area contributed by atoms with Crippen molar-refractivity contribution in [2.75, 3.05) is 0 Å². The maximum Gasteiger partial charge on any atom is 0.433 e. The molecule has 37 heavy (non-hydrogen) atoms. The summed E-state index contributed by atoms with van der Waals surface area (Å²) >= 11 is 0. The summed E-state index contributed by atoms with van der Waals surface area (Å²) in [4.78, 5) is 11.0. The van der Waals surface area contributed by atoms with Gasteiger partial charge in [0.25, 0.3) is 0 Å². The van der Waals surface area contributed by atoms with Crippen LogP contribution in [-0.4, -0.2) is 15.0 Å². The number of halogens is 7. The van der Waals surface area contributed by atoms with E-state index in [2.05, 4.69) is 26.8 Å². The summed E-state index contributed by atoms with van der Waals surface area (Å²) in [6, 6.07) is 13.9. The van der Waals surface area contributed by atoms with Gasteiger partial charge in [0.1, 0.15) is 17.2 Å². The summed E-state index contributed by atoms with van der Waals surface area (Å²) in [5.41, 5.74) is -1.55. The van der Waals surface area contributed by atoms with E-state index in [1.165, 1.54) is 36.4 Å². The molecule has 3 nitrogen and oxygen atoms in total. The van der Waals surface area contributed by atoms with Gasteiger partial charge in [-0.1, -0.05) is 37.8 Å². The van der Waals surface area contributed by atoms with Crippen LogP contribution in [0.15, 0.2) is 72.9 Å². The van der Waals surface area contributed by atoms with Crippen LogP contribution in [0.3, 0.4) is 0 Å². The van der Waals surface area contributed by atoms with Gasteiger partial charge in [0.2, 0.25) is 0 Å². The Morgan fingerprint density at radius 1 is 0.649 bits per heavy atom. The Hall–Kier alpha value is -4.26. The minimum Gasteiger partial charge on any atom is -0.251 e. The van der Waals surface area contributed by atoms with Gasteiger partial charge in [0.15, 0.2) is 5.82 Å². The molecule has 0 unspecified atom stereocenters. The van der Waals surface area contributed by atoms with Gasteiger partial charge < -0.3 is 0 Å². The molecule has 0 aliphatic carbocycles. The molecule has 0 bridgehead atoms. The zero-order valence-corrected chi connectivity index (χ0v) is 19.4. The van der Waals surface area contributed by atoms with Gasteiger partial charge >= 0.3 is 12.4 Å². The van der Waals surface area contributed by atoms with Crippen LogP contribution in [0.4, 0.5) is 30.7 Å². The molecule has 0 aliphatic rings. The van der Waals surface area contributed by atoms with Crippen LogP contribution in [0, 0.1) is 17.7 Å². The first-order chi connectivity index (χ1) is 17.5. The Balaban J connectivity index is 0.00000186. The Morgan fingerprint density at radius 2 is 1.30 bits per heavy atom. The molecule has 0 N–H and O–H groups in total. The van der Waals surface area contributed by atoms with Crippen LogP contribution in [0.5, 0.6) is 0 Å². The number of aromatic nitrogens is 3. The zero-order chi connectivity index (χ0) is 27.2. The standard InChI is InChI=1S/C25H12F7N3.C2H6/c26-19-9-6-15(7-10-19)4-5-16-2-1-3-17(12-16)23-34-20(13-22(35-23)25(30,31)32)18-8-11-21(33-14-18)24(27,28)29;1-2/h1-3,6-14H;1-2H3. The predicted octanol–water partition coefficient (Wildman–Crippen LogP) is 7.81. The molecule has 0 aliphatic heterocycles. The minimum absolute atomic E-state index is 0.0422. The summed E-state index contributed by atoms with van der Waals surface area (Å²) in [5, 5.41) is 0. The lowest BCUT2D eigenvalue weighted by atomic mass is 10.1. The summed E-state index contributed by atoms with van der Waals surface area (Å²) in [7, 11) is 0. The summed E-state index contributed by atoms with van der Waals surface area (Å²) in [5.74, 6) is 4.95. The van der Waals surface area contributed by atoms with E-state index in [1.807, 2.05) is 13.8 Å². The summed E-state index contributed by atoms with van der Waals surface area (Å²) in [6.45, 7) is 4.00. The largest absolute Gasteiger partial charge is 0.433 e. The number of rotatable bonds is 2. The quantitative estimate of drug-likeness (QED) is 0.201. The molecular formula is C27H18F7N3. The molecule has 0 radical (unpaired) electrons. The Kier molecular flexibility index (Phi) is 8.28. The lowest BCUT2D eigenvalue weighted by molar-refractivity contribution is -0.141. The lowest BCUT2D eigenvalue weighted by Gasteiger charge is -2.12. The number of pyridine rings is 1. The fourth-order valence-electron chi connectivity index (χ4n) is 3.00. The van der Waals surface area contributed by atoms with Crippen molar-refractivity contribution in [1.29, 1.82) is 0 Å². The molecule has 0 atom stereocenters. The topological polar surface area (TPSA) is 38.7 Å². The van der Waals surface area contributed by atoms with Crippen LogP contribution in [-0.2, 0) is 12.4 Å². The maximum atomic E-state index is 13.5. The van der Waals surface area contributed by atoms with Gasteiger partial charge in [-0.3, -0.25) is 4.98 Å². The van der Waals surface area contributed by atoms with Crippen molar-refractivity contribution in [2.24, 2.45) is 0 Å². The van der Waals surface area contributed by atoms with Gasteiger partial charge in [-0.25, -0.2) is 14.4 Å². The van der Waals surface area contributed by atoms with Crippen molar-refractivity contribution in [3.8, 4) is 34.5 Å². The normalized spacial score (nSPS) is 11.2. The van der Waals surface area contributed by atoms with Gasteiger partial charge in [-0.2, -0.15) is 26.3 Å². The number of hydrogen-bond donors (Lipinski definition) is 0. The first-order valence-electron chi connectivity index (χ1n) is 10.9. The van der Waals surface area contributed by atoms with Crippen molar-refractivity contribution >= 4 is 0 Å². The van der Waals surface area contributed by atoms with Gasteiger partial charge in [-0.05, 0) is 54.6 Å². The molecule has 0 spiro atoms. The maximum absolute atomic E-state index is 13.5. The summed E-state index contributed by atoms with van der Waals surface area (Å²) in [6.07, 6.45) is -8.71. The average molecular weight is 517 g/mol. The Labute approximate surface area is 208 Å². The molecule has 0 saturated carbocycles. The molecule has 0 amide bonds. The van der Waals surface area contributed by atoms with E-state index in [9.17, 15) is 30.7 Å². The molecule has 10 heteroatoms. The number of benzene rings is 2. The van der Waals surface area contributed by atoms with Crippen LogP contribution in [0.25, 0.3) is 22.6 Å². The minimum atomic E-state index is -4.83. The number of hydrogen-bond acceptors (Lipinski definition) is 3. The molecule has 0 fully saturated rings. The van der Waals surface area contributed by atoms with Gasteiger partial charge in [0.05, 0.1) is 5.69 Å². The fraction of sp³-hybridized carbons (Fsp3) is 0.148. The molecule has 2 aromatic carbocycles. The van der Waals surface area contributed by atoms with Crippen molar-refractivity contribution in [3.05, 3.63) is 101 Å². The molecule has 2 aromatic heterocycles. The van der Waals surface area contributed by atoms with Crippen molar-refractivity contribution in [3.63, 3.8) is 0 Å². The van der Waals surface area contributed by atoms with E-state index in [-0.39, 0.29) is 22.6 Å². The van der Waals surface area contributed by atoms with Crippen LogP contribution < -0.4 is 0 Å². The van der Waals surface area contributed by atoms with Crippen LogP contribution >= 0.6 is 0 Å². The highest BCUT2D eigenvalue weighted by atomic mass is 19.4. The Morgan fingerprint density at radius 3 is 1.89 bits per heavy atom. The fourth-order valence-corrected chi connectivity index (χ4v) is 3.00. The second-order valence-corrected chi connectivity index (χ2v) is 7.23. The first kappa shape index (κ1) is 27.3. The zero-order valence-electron chi connectivity index (χ0n) is 19.4. The highest BCUT2D eigenvalue weighted by molar-refractivity contribution is 5.65. The van der Waals surface area contributed by atoms with E-state index in [0.717, 1.165) is 12.3 Å². The highest BCUT2D eigenvalue weighted by Crippen LogP contribution is 2.33. The van der Waals surface area contributed by atoms with Crippen molar-refractivity contribution in [2.45, 2.75) is 26.2 Å². The molecule has 190 valence electrons. The van der Waals surface area contributed by atoms with Crippen molar-refractivity contribution in [1.82, 2.24) is 15.0 Å². The van der Waals surface area contributed by atoms with Crippen LogP contribution in [0.1, 0.15) is 36.4 Å². The third kappa shape index (κ3) is 7.13. The molecule has 0 saturated heterocycles. The smallest absolute Gasteiger partial charge is 0.251 e. The van der Waals surface area contributed by atoms with Gasteiger partial charge in [0, 0.05) is 28.5 Å². The monoisotopic (exact) mass is 517 g/mol. The highest BCUT2D eigenvalue weighted by Gasteiger charge is 2.35. The third-order valence-corrected chi connectivity index (χ3v) is 4.68. The lowest BCUT2D eigenvalue weighted by Crippen LogP contribution is -2.11. The van der Waals surface area contributed by atoms with E-state index >= 15 is 0 Å². The van der Waals surface area contributed by atoms with E-state index < -0.39 is 29.6 Å². The second kappa shape index (κ2) is 11.2. The summed E-state index contributed by atoms with van der Waals surface area (Å²) < 4.78 is 91.9.